The molecule has 0 radical (unpaired) electrons. The van der Waals surface area contributed by atoms with Gasteiger partial charge in [-0.05, 0) is 12.6 Å². The molecule has 1 aromatic rings. The van der Waals surface area contributed by atoms with Crippen molar-refractivity contribution in [2.75, 3.05) is 57.4 Å². The Hall–Kier alpha value is -0.790. The van der Waals surface area contributed by atoms with Gasteiger partial charge in [-0.3, -0.25) is 9.80 Å². The van der Waals surface area contributed by atoms with Crippen LogP contribution in [0.4, 0.5) is 0 Å². The number of thioether (sulfide) groups is 1. The zero-order valence-electron chi connectivity index (χ0n) is 14.6. The topological polar surface area (TPSA) is 56.2 Å². The van der Waals surface area contributed by atoms with Gasteiger partial charge in [0.15, 0.2) is 0 Å². The zero-order chi connectivity index (χ0) is 17.2. The third kappa shape index (κ3) is 6.61. The van der Waals surface area contributed by atoms with Crippen molar-refractivity contribution in [2.24, 2.45) is 0 Å². The summed E-state index contributed by atoms with van der Waals surface area (Å²) in [6.45, 7) is 7.60. The van der Waals surface area contributed by atoms with Crippen molar-refractivity contribution in [1.29, 1.82) is 0 Å². The van der Waals surface area contributed by atoms with Crippen LogP contribution >= 0.6 is 11.8 Å². The van der Waals surface area contributed by atoms with Crippen LogP contribution in [0, 0.1) is 0 Å². The van der Waals surface area contributed by atoms with E-state index in [1.54, 1.807) is 0 Å². The van der Waals surface area contributed by atoms with E-state index in [1.807, 2.05) is 36.0 Å². The monoisotopic (exact) mass is 354 g/mol. The molecule has 5 nitrogen and oxygen atoms in total. The third-order valence-electron chi connectivity index (χ3n) is 4.23. The van der Waals surface area contributed by atoms with E-state index in [4.69, 9.17) is 9.84 Å². The van der Waals surface area contributed by atoms with Crippen molar-refractivity contribution in [3.63, 3.8) is 0 Å². The Morgan fingerprint density at radius 3 is 2.75 bits per heavy atom. The van der Waals surface area contributed by atoms with Gasteiger partial charge in [-0.25, -0.2) is 0 Å². The lowest BCUT2D eigenvalue weighted by molar-refractivity contribution is 0.0707. The van der Waals surface area contributed by atoms with Crippen molar-refractivity contribution in [1.82, 2.24) is 9.80 Å². The van der Waals surface area contributed by atoms with Gasteiger partial charge in [-0.2, -0.15) is 11.8 Å². The number of aliphatic hydroxyl groups is 2. The van der Waals surface area contributed by atoms with Crippen molar-refractivity contribution in [3.8, 4) is 5.75 Å². The molecular weight excluding hydrogens is 324 g/mol. The Labute approximate surface area is 149 Å². The molecular formula is C18H30N2O3S. The fourth-order valence-electron chi connectivity index (χ4n) is 2.83. The number of hydrogen-bond donors (Lipinski definition) is 2. The lowest BCUT2D eigenvalue weighted by atomic mass is 10.2. The number of aliphatic hydroxyl groups excluding tert-OH is 2. The SMILES string of the molecule is CCN(CCO)Cc1ccccc1OCC(O)CN1CCSCC1. The molecule has 1 aliphatic rings. The smallest absolute Gasteiger partial charge is 0.123 e. The molecule has 1 aromatic carbocycles. The molecule has 0 aliphatic carbocycles. The minimum Gasteiger partial charge on any atom is -0.491 e. The quantitative estimate of drug-likeness (QED) is 0.660. The first-order chi connectivity index (χ1) is 11.7. The van der Waals surface area contributed by atoms with Crippen LogP contribution in [0.2, 0.25) is 0 Å². The van der Waals surface area contributed by atoms with Gasteiger partial charge in [0.25, 0.3) is 0 Å². The lowest BCUT2D eigenvalue weighted by Gasteiger charge is -2.28. The van der Waals surface area contributed by atoms with Gasteiger partial charge in [0, 0.05) is 49.8 Å². The Bertz CT molecular complexity index is 469. The molecule has 1 heterocycles. The number of ether oxygens (including phenoxy) is 1. The second kappa shape index (κ2) is 10.9. The predicted octanol–water partition coefficient (Wildman–Crippen LogP) is 1.29. The molecule has 24 heavy (non-hydrogen) atoms. The van der Waals surface area contributed by atoms with E-state index >= 15 is 0 Å². The summed E-state index contributed by atoms with van der Waals surface area (Å²) in [7, 11) is 0. The molecule has 0 saturated carbocycles. The molecule has 0 aromatic heterocycles. The van der Waals surface area contributed by atoms with E-state index in [1.165, 1.54) is 0 Å². The summed E-state index contributed by atoms with van der Waals surface area (Å²) in [6, 6.07) is 7.95. The minimum absolute atomic E-state index is 0.156. The summed E-state index contributed by atoms with van der Waals surface area (Å²) in [6.07, 6.45) is -0.471. The number of hydrogen-bond acceptors (Lipinski definition) is 6. The van der Waals surface area contributed by atoms with Crippen LogP contribution in [-0.4, -0.2) is 83.6 Å². The summed E-state index contributed by atoms with van der Waals surface area (Å²) < 4.78 is 5.89. The molecule has 2 rings (SSSR count). The highest BCUT2D eigenvalue weighted by atomic mass is 32.2. The summed E-state index contributed by atoms with van der Waals surface area (Å²) in [5.41, 5.74) is 1.09. The first kappa shape index (κ1) is 19.5. The Kier molecular flexibility index (Phi) is 8.91. The summed E-state index contributed by atoms with van der Waals surface area (Å²) >= 11 is 1.97. The Balaban J connectivity index is 1.84. The third-order valence-corrected chi connectivity index (χ3v) is 5.18. The molecule has 1 saturated heterocycles. The Morgan fingerprint density at radius 1 is 1.29 bits per heavy atom. The van der Waals surface area contributed by atoms with E-state index in [-0.39, 0.29) is 6.61 Å². The summed E-state index contributed by atoms with van der Waals surface area (Å²) in [5, 5.41) is 19.4. The van der Waals surface area contributed by atoms with Gasteiger partial charge in [-0.1, -0.05) is 25.1 Å². The zero-order valence-corrected chi connectivity index (χ0v) is 15.4. The number of para-hydroxylation sites is 1. The second-order valence-electron chi connectivity index (χ2n) is 6.08. The van der Waals surface area contributed by atoms with E-state index < -0.39 is 6.10 Å². The van der Waals surface area contributed by atoms with Gasteiger partial charge in [0.1, 0.15) is 18.5 Å². The molecule has 1 fully saturated rings. The fraction of sp³-hybridized carbons (Fsp3) is 0.667. The average Bonchev–Trinajstić information content (AvgIpc) is 2.61. The minimum atomic E-state index is -0.471. The second-order valence-corrected chi connectivity index (χ2v) is 7.30. The number of benzene rings is 1. The van der Waals surface area contributed by atoms with E-state index in [0.717, 1.165) is 49.0 Å². The van der Waals surface area contributed by atoms with Crippen molar-refractivity contribution >= 4 is 11.8 Å². The van der Waals surface area contributed by atoms with Crippen LogP contribution < -0.4 is 4.74 Å². The molecule has 1 atom stereocenters. The van der Waals surface area contributed by atoms with Crippen LogP contribution in [0.5, 0.6) is 5.75 Å². The predicted molar refractivity (Wildman–Crippen MR) is 99.7 cm³/mol. The van der Waals surface area contributed by atoms with Crippen LogP contribution in [0.25, 0.3) is 0 Å². The first-order valence-electron chi connectivity index (χ1n) is 8.75. The number of nitrogens with zero attached hydrogens (tertiary/aromatic N) is 2. The molecule has 2 N–H and O–H groups in total. The number of rotatable bonds is 10. The molecule has 1 aliphatic heterocycles. The summed E-state index contributed by atoms with van der Waals surface area (Å²) in [4.78, 5) is 4.47. The van der Waals surface area contributed by atoms with Gasteiger partial charge in [0.2, 0.25) is 0 Å². The number of likely N-dealkylation sites (N-methyl/N-ethyl adjacent to an activating group) is 1. The van der Waals surface area contributed by atoms with Gasteiger partial charge in [0.05, 0.1) is 6.61 Å². The van der Waals surface area contributed by atoms with E-state index in [2.05, 4.69) is 16.7 Å². The van der Waals surface area contributed by atoms with E-state index in [0.29, 0.717) is 19.7 Å². The molecule has 0 bridgehead atoms. The van der Waals surface area contributed by atoms with Crippen LogP contribution in [0.1, 0.15) is 12.5 Å². The highest BCUT2D eigenvalue weighted by molar-refractivity contribution is 7.99. The molecule has 0 spiro atoms. The molecule has 6 heteroatoms. The highest BCUT2D eigenvalue weighted by Crippen LogP contribution is 2.20. The molecule has 0 amide bonds. The number of β-amino-alcohol motifs (C(OH)–C–C–N with tert-alkyl or cyclic N) is 1. The van der Waals surface area contributed by atoms with Crippen LogP contribution in [0.3, 0.4) is 0 Å². The Morgan fingerprint density at radius 2 is 2.04 bits per heavy atom. The highest BCUT2D eigenvalue weighted by Gasteiger charge is 2.16. The fourth-order valence-corrected chi connectivity index (χ4v) is 3.81. The average molecular weight is 355 g/mol. The standard InChI is InChI=1S/C18H30N2O3S/c1-2-19(7-10-21)13-16-5-3-4-6-18(16)23-15-17(22)14-20-8-11-24-12-9-20/h3-6,17,21-22H,2,7-15H2,1H3. The maximum Gasteiger partial charge on any atom is 0.123 e. The van der Waals surface area contributed by atoms with Crippen molar-refractivity contribution in [2.45, 2.75) is 19.6 Å². The normalized spacial score (nSPS) is 17.2. The van der Waals surface area contributed by atoms with Gasteiger partial charge < -0.3 is 14.9 Å². The van der Waals surface area contributed by atoms with Crippen LogP contribution in [-0.2, 0) is 6.54 Å². The lowest BCUT2D eigenvalue weighted by Crippen LogP contribution is -2.40. The maximum absolute atomic E-state index is 10.2. The maximum atomic E-state index is 10.2. The van der Waals surface area contributed by atoms with Gasteiger partial charge in [-0.15, -0.1) is 0 Å². The molecule has 1 unspecified atom stereocenters. The largest absolute Gasteiger partial charge is 0.491 e. The first-order valence-corrected chi connectivity index (χ1v) is 9.90. The van der Waals surface area contributed by atoms with E-state index in [9.17, 15) is 5.11 Å². The van der Waals surface area contributed by atoms with Gasteiger partial charge >= 0.3 is 0 Å². The van der Waals surface area contributed by atoms with Crippen LogP contribution in [0.15, 0.2) is 24.3 Å². The van der Waals surface area contributed by atoms with Crippen molar-refractivity contribution in [3.05, 3.63) is 29.8 Å². The molecule has 136 valence electrons. The van der Waals surface area contributed by atoms with Crippen molar-refractivity contribution < 1.29 is 14.9 Å². The summed E-state index contributed by atoms with van der Waals surface area (Å²) in [5.74, 6) is 3.12.